The highest BCUT2D eigenvalue weighted by molar-refractivity contribution is 5.45. The van der Waals surface area contributed by atoms with Crippen molar-refractivity contribution in [2.45, 2.75) is 18.8 Å². The lowest BCUT2D eigenvalue weighted by molar-refractivity contribution is 0.874. The Labute approximate surface area is 103 Å². The second-order valence-corrected chi connectivity index (χ2v) is 4.59. The smallest absolute Gasteiger partial charge is 0.0270 e. The van der Waals surface area contributed by atoms with E-state index in [1.54, 1.807) is 0 Å². The van der Waals surface area contributed by atoms with E-state index in [9.17, 15) is 0 Å². The summed E-state index contributed by atoms with van der Waals surface area (Å²) >= 11 is 0. The van der Waals surface area contributed by atoms with Gasteiger partial charge in [0.05, 0.1) is 0 Å². The van der Waals surface area contributed by atoms with E-state index in [1.807, 2.05) is 0 Å². The maximum absolute atomic E-state index is 2.27. The number of hydrogen-bond donors (Lipinski definition) is 0. The number of rotatable bonds is 3. The minimum Gasteiger partial charge on any atom is -0.0804 e. The molecule has 1 aromatic rings. The zero-order valence-corrected chi connectivity index (χ0v) is 9.84. The molecule has 84 valence electrons. The van der Waals surface area contributed by atoms with Gasteiger partial charge in [-0.3, -0.25) is 0 Å². The van der Waals surface area contributed by atoms with Gasteiger partial charge in [-0.2, -0.15) is 0 Å². The summed E-state index contributed by atoms with van der Waals surface area (Å²) in [6.45, 7) is 0. The van der Waals surface area contributed by atoms with Crippen LogP contribution >= 0.6 is 0 Å². The Morgan fingerprint density at radius 2 is 1.35 bits per heavy atom. The summed E-state index contributed by atoms with van der Waals surface area (Å²) in [4.78, 5) is 0. The van der Waals surface area contributed by atoms with E-state index in [4.69, 9.17) is 0 Å². The van der Waals surface area contributed by atoms with E-state index >= 15 is 0 Å². The molecule has 0 fully saturated rings. The van der Waals surface area contributed by atoms with E-state index < -0.39 is 0 Å². The third kappa shape index (κ3) is 2.03. The first-order chi connectivity index (χ1) is 8.45. The molecule has 0 aliphatic heterocycles. The molecule has 0 spiro atoms. The monoisotopic (exact) mass is 220 g/mol. The van der Waals surface area contributed by atoms with Crippen LogP contribution in [0.1, 0.15) is 24.3 Å². The Hall–Kier alpha value is -1.82. The molecular formula is C17H16. The fraction of sp³-hybridized carbons (Fsp3) is 0.176. The topological polar surface area (TPSA) is 0 Å². The van der Waals surface area contributed by atoms with Gasteiger partial charge in [-0.05, 0) is 18.4 Å². The van der Waals surface area contributed by atoms with Crippen LogP contribution in [0.3, 0.4) is 0 Å². The molecule has 0 saturated heterocycles. The van der Waals surface area contributed by atoms with Crippen LogP contribution in [0, 0.1) is 0 Å². The lowest BCUT2D eigenvalue weighted by atomic mass is 9.83. The lowest BCUT2D eigenvalue weighted by Gasteiger charge is -2.20. The van der Waals surface area contributed by atoms with Crippen LogP contribution < -0.4 is 0 Å². The van der Waals surface area contributed by atoms with Gasteiger partial charge in [-0.1, -0.05) is 77.9 Å². The Kier molecular flexibility index (Phi) is 2.79. The van der Waals surface area contributed by atoms with Gasteiger partial charge < -0.3 is 0 Å². The summed E-state index contributed by atoms with van der Waals surface area (Å²) < 4.78 is 0. The zero-order chi connectivity index (χ0) is 11.5. The third-order valence-electron chi connectivity index (χ3n) is 3.47. The fourth-order valence-corrected chi connectivity index (χ4v) is 2.67. The van der Waals surface area contributed by atoms with Gasteiger partial charge in [-0.15, -0.1) is 0 Å². The van der Waals surface area contributed by atoms with Crippen molar-refractivity contribution in [2.75, 3.05) is 0 Å². The Morgan fingerprint density at radius 3 is 1.82 bits per heavy atom. The van der Waals surface area contributed by atoms with Gasteiger partial charge in [0.25, 0.3) is 0 Å². The summed E-state index contributed by atoms with van der Waals surface area (Å²) in [5.41, 5.74) is 4.45. The Bertz CT molecular complexity index is 482. The van der Waals surface area contributed by atoms with Crippen LogP contribution in [0.2, 0.25) is 0 Å². The minimum atomic E-state index is 0.473. The summed E-state index contributed by atoms with van der Waals surface area (Å²) in [6.07, 6.45) is 15.6. The van der Waals surface area contributed by atoms with E-state index in [2.05, 4.69) is 66.8 Å². The highest BCUT2D eigenvalue weighted by atomic mass is 14.2. The van der Waals surface area contributed by atoms with Crippen molar-refractivity contribution in [3.8, 4) is 0 Å². The minimum absolute atomic E-state index is 0.473. The third-order valence-corrected chi connectivity index (χ3v) is 3.47. The molecule has 0 heteroatoms. The van der Waals surface area contributed by atoms with Crippen LogP contribution in [0.4, 0.5) is 0 Å². The van der Waals surface area contributed by atoms with E-state index in [0.29, 0.717) is 5.92 Å². The van der Waals surface area contributed by atoms with Gasteiger partial charge in [0.2, 0.25) is 0 Å². The SMILES string of the molecule is C1=CCC(C(C2=CC=CC2)c2ccccc2)=C1. The predicted molar refractivity (Wildman–Crippen MR) is 72.9 cm³/mol. The molecule has 0 amide bonds. The van der Waals surface area contributed by atoms with Crippen LogP contribution in [0.15, 0.2) is 77.9 Å². The lowest BCUT2D eigenvalue weighted by Crippen LogP contribution is -2.04. The fourth-order valence-electron chi connectivity index (χ4n) is 2.67. The molecule has 0 unspecified atom stereocenters. The molecule has 1 aromatic carbocycles. The van der Waals surface area contributed by atoms with E-state index in [-0.39, 0.29) is 0 Å². The molecule has 0 aromatic heterocycles. The predicted octanol–water partition coefficient (Wildman–Crippen LogP) is 4.54. The first kappa shape index (κ1) is 10.3. The van der Waals surface area contributed by atoms with Crippen molar-refractivity contribution in [2.24, 2.45) is 0 Å². The van der Waals surface area contributed by atoms with Crippen molar-refractivity contribution in [3.63, 3.8) is 0 Å². The Morgan fingerprint density at radius 1 is 0.765 bits per heavy atom. The molecule has 0 heterocycles. The van der Waals surface area contributed by atoms with Gasteiger partial charge in [0, 0.05) is 5.92 Å². The standard InChI is InChI=1S/C17H16/c1-2-8-14(9-3-1)17(15-10-4-5-11-15)16-12-6-7-13-16/h1-10,12,17H,11,13H2. The quantitative estimate of drug-likeness (QED) is 0.701. The van der Waals surface area contributed by atoms with Crippen molar-refractivity contribution in [1.29, 1.82) is 0 Å². The normalized spacial score (nSPS) is 17.7. The highest BCUT2D eigenvalue weighted by Crippen LogP contribution is 2.38. The number of benzene rings is 1. The average Bonchev–Trinajstić information content (AvgIpc) is 3.04. The molecule has 0 saturated carbocycles. The molecule has 0 nitrogen and oxygen atoms in total. The molecular weight excluding hydrogens is 204 g/mol. The molecule has 17 heavy (non-hydrogen) atoms. The number of allylic oxidation sites excluding steroid dienone is 8. The summed E-state index contributed by atoms with van der Waals surface area (Å²) in [6, 6.07) is 10.8. The maximum atomic E-state index is 2.27. The maximum Gasteiger partial charge on any atom is 0.0270 e. The van der Waals surface area contributed by atoms with Gasteiger partial charge in [-0.25, -0.2) is 0 Å². The summed E-state index contributed by atoms with van der Waals surface area (Å²) in [5.74, 6) is 0.473. The van der Waals surface area contributed by atoms with Crippen LogP contribution in [0.5, 0.6) is 0 Å². The molecule has 0 bridgehead atoms. The van der Waals surface area contributed by atoms with Gasteiger partial charge in [0.1, 0.15) is 0 Å². The highest BCUT2D eigenvalue weighted by Gasteiger charge is 2.21. The van der Waals surface area contributed by atoms with Crippen molar-refractivity contribution in [1.82, 2.24) is 0 Å². The molecule has 2 aliphatic carbocycles. The Balaban J connectivity index is 1.97. The largest absolute Gasteiger partial charge is 0.0804 e. The summed E-state index contributed by atoms with van der Waals surface area (Å²) in [7, 11) is 0. The van der Waals surface area contributed by atoms with E-state index in [1.165, 1.54) is 16.7 Å². The first-order valence-electron chi connectivity index (χ1n) is 6.21. The van der Waals surface area contributed by atoms with E-state index in [0.717, 1.165) is 12.8 Å². The second kappa shape index (κ2) is 4.58. The zero-order valence-electron chi connectivity index (χ0n) is 9.84. The molecule has 0 atom stereocenters. The van der Waals surface area contributed by atoms with Gasteiger partial charge in [0.15, 0.2) is 0 Å². The van der Waals surface area contributed by atoms with Crippen LogP contribution in [-0.2, 0) is 0 Å². The van der Waals surface area contributed by atoms with Crippen molar-refractivity contribution in [3.05, 3.63) is 83.5 Å². The molecule has 0 radical (unpaired) electrons. The molecule has 2 aliphatic rings. The second-order valence-electron chi connectivity index (χ2n) is 4.59. The average molecular weight is 220 g/mol. The van der Waals surface area contributed by atoms with Gasteiger partial charge >= 0.3 is 0 Å². The summed E-state index contributed by atoms with van der Waals surface area (Å²) in [5, 5.41) is 0. The first-order valence-corrected chi connectivity index (χ1v) is 6.21. The van der Waals surface area contributed by atoms with Crippen LogP contribution in [-0.4, -0.2) is 0 Å². The van der Waals surface area contributed by atoms with Crippen LogP contribution in [0.25, 0.3) is 0 Å². The van der Waals surface area contributed by atoms with Crippen molar-refractivity contribution < 1.29 is 0 Å². The van der Waals surface area contributed by atoms with Crippen molar-refractivity contribution >= 4 is 0 Å². The number of hydrogen-bond acceptors (Lipinski definition) is 0. The molecule has 0 N–H and O–H groups in total. The molecule has 3 rings (SSSR count).